The lowest BCUT2D eigenvalue weighted by atomic mass is 9.74. The van der Waals surface area contributed by atoms with E-state index in [1.807, 2.05) is 31.2 Å². The molecule has 0 aromatic heterocycles. The van der Waals surface area contributed by atoms with Gasteiger partial charge in [-0.15, -0.1) is 0 Å². The van der Waals surface area contributed by atoms with Crippen molar-refractivity contribution in [2.24, 2.45) is 0 Å². The number of methoxy groups -OCH3 is 1. The highest BCUT2D eigenvalue weighted by atomic mass is 16.5. The number of carboxylic acid groups (broad SMARTS) is 1. The third-order valence-corrected chi connectivity index (χ3v) is 3.30. The van der Waals surface area contributed by atoms with Gasteiger partial charge in [-0.3, -0.25) is 0 Å². The van der Waals surface area contributed by atoms with Crippen molar-refractivity contribution in [1.82, 2.24) is 0 Å². The van der Waals surface area contributed by atoms with Crippen LogP contribution in [-0.4, -0.2) is 29.8 Å². The first-order chi connectivity index (χ1) is 8.05. The van der Waals surface area contributed by atoms with Gasteiger partial charge in [-0.2, -0.15) is 0 Å². The van der Waals surface area contributed by atoms with Crippen LogP contribution in [-0.2, 0) is 9.53 Å². The number of ether oxygens (including phenoxy) is 1. The average molecular weight is 235 g/mol. The van der Waals surface area contributed by atoms with Gasteiger partial charge in [0, 0.05) is 25.6 Å². The summed E-state index contributed by atoms with van der Waals surface area (Å²) in [7, 11) is 1.61. The van der Waals surface area contributed by atoms with Gasteiger partial charge in [0.2, 0.25) is 0 Å². The molecular formula is C13H17NO3. The van der Waals surface area contributed by atoms with Crippen LogP contribution in [0.25, 0.3) is 0 Å². The van der Waals surface area contributed by atoms with Gasteiger partial charge < -0.3 is 15.2 Å². The van der Waals surface area contributed by atoms with E-state index in [0.717, 1.165) is 11.3 Å². The molecule has 0 saturated heterocycles. The van der Waals surface area contributed by atoms with E-state index < -0.39 is 11.5 Å². The molecule has 0 unspecified atom stereocenters. The van der Waals surface area contributed by atoms with Crippen molar-refractivity contribution >= 4 is 11.7 Å². The fourth-order valence-corrected chi connectivity index (χ4v) is 2.21. The van der Waals surface area contributed by atoms with Gasteiger partial charge >= 0.3 is 5.97 Å². The summed E-state index contributed by atoms with van der Waals surface area (Å²) in [6.07, 6.45) is 1.06. The summed E-state index contributed by atoms with van der Waals surface area (Å²) in [5.41, 5.74) is 1.09. The molecule has 0 bridgehead atoms. The summed E-state index contributed by atoms with van der Waals surface area (Å²) in [5.74, 6) is -0.813. The predicted molar refractivity (Wildman–Crippen MR) is 65.2 cm³/mol. The minimum absolute atomic E-state index is 0.0448. The smallest absolute Gasteiger partial charge is 0.329 e. The van der Waals surface area contributed by atoms with E-state index in [1.54, 1.807) is 7.11 Å². The zero-order chi connectivity index (χ0) is 12.5. The van der Waals surface area contributed by atoms with Crippen molar-refractivity contribution in [3.8, 4) is 0 Å². The third-order valence-electron chi connectivity index (χ3n) is 3.30. The molecule has 4 nitrogen and oxygen atoms in total. The van der Waals surface area contributed by atoms with Crippen LogP contribution < -0.4 is 5.32 Å². The molecule has 4 heteroatoms. The fraction of sp³-hybridized carbons (Fsp3) is 0.462. The summed E-state index contributed by atoms with van der Waals surface area (Å²) >= 11 is 0. The second-order valence-electron chi connectivity index (χ2n) is 4.65. The van der Waals surface area contributed by atoms with Crippen molar-refractivity contribution in [3.05, 3.63) is 29.8 Å². The van der Waals surface area contributed by atoms with Crippen LogP contribution in [0.5, 0.6) is 0 Å². The van der Waals surface area contributed by atoms with E-state index in [2.05, 4.69) is 5.32 Å². The second kappa shape index (κ2) is 4.37. The number of nitrogens with one attached hydrogen (secondary N) is 1. The topological polar surface area (TPSA) is 58.6 Å². The summed E-state index contributed by atoms with van der Waals surface area (Å²) in [5, 5.41) is 12.4. The van der Waals surface area contributed by atoms with Crippen molar-refractivity contribution in [2.75, 3.05) is 12.4 Å². The van der Waals surface area contributed by atoms with Gasteiger partial charge in [-0.25, -0.2) is 4.79 Å². The molecule has 0 atom stereocenters. The lowest BCUT2D eigenvalue weighted by molar-refractivity contribution is -0.151. The molecule has 2 rings (SSSR count). The Balaban J connectivity index is 2.12. The minimum atomic E-state index is -0.867. The van der Waals surface area contributed by atoms with Gasteiger partial charge in [0.05, 0.1) is 6.10 Å². The number of rotatable bonds is 4. The maximum atomic E-state index is 11.3. The van der Waals surface area contributed by atoms with Gasteiger partial charge in [0.1, 0.15) is 5.54 Å². The number of benzene rings is 1. The molecule has 1 aromatic rings. The Morgan fingerprint density at radius 1 is 1.53 bits per heavy atom. The molecule has 0 heterocycles. The van der Waals surface area contributed by atoms with Gasteiger partial charge in [0.25, 0.3) is 0 Å². The molecule has 1 aromatic carbocycles. The maximum absolute atomic E-state index is 11.3. The second-order valence-corrected chi connectivity index (χ2v) is 4.65. The van der Waals surface area contributed by atoms with Gasteiger partial charge in [-0.05, 0) is 24.6 Å². The van der Waals surface area contributed by atoms with E-state index in [9.17, 15) is 9.90 Å². The number of aliphatic carboxylic acids is 1. The fourth-order valence-electron chi connectivity index (χ4n) is 2.21. The van der Waals surface area contributed by atoms with Crippen molar-refractivity contribution in [1.29, 1.82) is 0 Å². The quantitative estimate of drug-likeness (QED) is 0.838. The van der Waals surface area contributed by atoms with Crippen LogP contribution in [0.3, 0.4) is 0 Å². The Hall–Kier alpha value is -1.55. The molecule has 92 valence electrons. The highest BCUT2D eigenvalue weighted by Gasteiger charge is 2.51. The third kappa shape index (κ3) is 2.26. The van der Waals surface area contributed by atoms with Gasteiger partial charge in [-0.1, -0.05) is 12.1 Å². The molecule has 0 aliphatic heterocycles. The molecule has 0 radical (unpaired) electrons. The van der Waals surface area contributed by atoms with Crippen LogP contribution in [0, 0.1) is 6.92 Å². The minimum Gasteiger partial charge on any atom is -0.480 e. The highest BCUT2D eigenvalue weighted by Crippen LogP contribution is 2.37. The monoisotopic (exact) mass is 235 g/mol. The molecule has 1 saturated carbocycles. The van der Waals surface area contributed by atoms with E-state index in [4.69, 9.17) is 4.74 Å². The summed E-state index contributed by atoms with van der Waals surface area (Å²) < 4.78 is 5.15. The maximum Gasteiger partial charge on any atom is 0.329 e. The van der Waals surface area contributed by atoms with Crippen molar-refractivity contribution in [3.63, 3.8) is 0 Å². The molecule has 0 amide bonds. The molecule has 2 N–H and O–H groups in total. The van der Waals surface area contributed by atoms with Crippen LogP contribution >= 0.6 is 0 Å². The Kier molecular flexibility index (Phi) is 3.07. The van der Waals surface area contributed by atoms with Crippen molar-refractivity contribution < 1.29 is 14.6 Å². The standard InChI is InChI=1S/C13H17NO3/c1-9-4-3-5-10(6-9)14-13(12(15)16)7-11(8-13)17-2/h3-6,11,14H,7-8H2,1-2H3,(H,15,16). The van der Waals surface area contributed by atoms with Crippen LogP contribution in [0.15, 0.2) is 24.3 Å². The highest BCUT2D eigenvalue weighted by molar-refractivity contribution is 5.84. The predicted octanol–water partition coefficient (Wildman–Crippen LogP) is 2.04. The molecule has 1 aliphatic carbocycles. The lowest BCUT2D eigenvalue weighted by Gasteiger charge is -2.44. The number of hydrogen-bond acceptors (Lipinski definition) is 3. The van der Waals surface area contributed by atoms with Crippen LogP contribution in [0.2, 0.25) is 0 Å². The number of hydrogen-bond donors (Lipinski definition) is 2. The Bertz CT molecular complexity index is 424. The van der Waals surface area contributed by atoms with Gasteiger partial charge in [0.15, 0.2) is 0 Å². The van der Waals surface area contributed by atoms with E-state index in [-0.39, 0.29) is 6.10 Å². The Morgan fingerprint density at radius 3 is 2.76 bits per heavy atom. The van der Waals surface area contributed by atoms with Crippen LogP contribution in [0.1, 0.15) is 18.4 Å². The Morgan fingerprint density at radius 2 is 2.24 bits per heavy atom. The Labute approximate surface area is 101 Å². The first-order valence-corrected chi connectivity index (χ1v) is 5.67. The molecule has 0 spiro atoms. The number of carboxylic acids is 1. The first-order valence-electron chi connectivity index (χ1n) is 5.67. The van der Waals surface area contributed by atoms with E-state index >= 15 is 0 Å². The summed E-state index contributed by atoms with van der Waals surface area (Å²) in [6.45, 7) is 1.98. The van der Waals surface area contributed by atoms with E-state index in [0.29, 0.717) is 12.8 Å². The summed E-state index contributed by atoms with van der Waals surface area (Å²) in [4.78, 5) is 11.3. The average Bonchev–Trinajstić information content (AvgIpc) is 2.22. The zero-order valence-electron chi connectivity index (χ0n) is 10.1. The number of carbonyl (C=O) groups is 1. The van der Waals surface area contributed by atoms with Crippen molar-refractivity contribution in [2.45, 2.75) is 31.4 Å². The lowest BCUT2D eigenvalue weighted by Crippen LogP contribution is -2.59. The number of aryl methyl sites for hydroxylation is 1. The molecule has 1 fully saturated rings. The molecule has 17 heavy (non-hydrogen) atoms. The normalized spacial score (nSPS) is 27.3. The zero-order valence-corrected chi connectivity index (χ0v) is 10.1. The van der Waals surface area contributed by atoms with Crippen LogP contribution in [0.4, 0.5) is 5.69 Å². The summed E-state index contributed by atoms with van der Waals surface area (Å²) in [6, 6.07) is 7.74. The molecule has 1 aliphatic rings. The number of anilines is 1. The first kappa shape index (κ1) is 11.9. The SMILES string of the molecule is COC1CC(Nc2cccc(C)c2)(C(=O)O)C1. The van der Waals surface area contributed by atoms with E-state index in [1.165, 1.54) is 0 Å². The molecular weight excluding hydrogens is 218 g/mol. The largest absolute Gasteiger partial charge is 0.480 e.